The van der Waals surface area contributed by atoms with Gasteiger partial charge in [-0.15, -0.1) is 0 Å². The molecule has 0 amide bonds. The van der Waals surface area contributed by atoms with Crippen LogP contribution in [0, 0.1) is 0 Å². The molecule has 0 unspecified atom stereocenters. The molecule has 194 valence electrons. The van der Waals surface area contributed by atoms with Crippen LogP contribution < -0.4 is 0 Å². The minimum atomic E-state index is -1.26. The fraction of sp³-hybridized carbons (Fsp3) is 0.448. The van der Waals surface area contributed by atoms with E-state index in [4.69, 9.17) is 19.7 Å². The van der Waals surface area contributed by atoms with E-state index in [0.29, 0.717) is 18.9 Å². The molecule has 0 atom stereocenters. The second kappa shape index (κ2) is 13.9. The zero-order chi connectivity index (χ0) is 25.8. The lowest BCUT2D eigenvalue weighted by Crippen LogP contribution is -2.36. The van der Waals surface area contributed by atoms with Crippen LogP contribution >= 0.6 is 0 Å². The molecule has 2 aromatic rings. The van der Waals surface area contributed by atoms with Gasteiger partial charge in [-0.1, -0.05) is 55.0 Å². The van der Waals surface area contributed by atoms with E-state index < -0.39 is 17.5 Å². The van der Waals surface area contributed by atoms with E-state index in [9.17, 15) is 9.59 Å². The summed E-state index contributed by atoms with van der Waals surface area (Å²) >= 11 is 0. The van der Waals surface area contributed by atoms with Gasteiger partial charge in [-0.3, -0.25) is 0 Å². The van der Waals surface area contributed by atoms with E-state index >= 15 is 0 Å². The Morgan fingerprint density at radius 1 is 0.889 bits per heavy atom. The van der Waals surface area contributed by atoms with Gasteiger partial charge in [0.15, 0.2) is 0 Å². The summed E-state index contributed by atoms with van der Waals surface area (Å²) in [7, 11) is 1.72. The molecule has 4 rings (SSSR count). The summed E-state index contributed by atoms with van der Waals surface area (Å²) in [5.41, 5.74) is 5.06. The highest BCUT2D eigenvalue weighted by molar-refractivity contribution is 5.89. The number of nitrogens with zero attached hydrogens (tertiary/aromatic N) is 1. The largest absolute Gasteiger partial charge is 0.478 e. The summed E-state index contributed by atoms with van der Waals surface area (Å²) in [5.74, 6) is -2.51. The van der Waals surface area contributed by atoms with Gasteiger partial charge >= 0.3 is 11.9 Å². The average molecular weight is 496 g/mol. The molecule has 1 saturated heterocycles. The number of rotatable bonds is 9. The maximum Gasteiger partial charge on any atom is 0.328 e. The predicted octanol–water partition coefficient (Wildman–Crippen LogP) is 4.63. The van der Waals surface area contributed by atoms with Gasteiger partial charge in [0.05, 0.1) is 0 Å². The first-order valence-corrected chi connectivity index (χ1v) is 12.6. The maximum atomic E-state index is 9.55. The molecule has 2 aliphatic rings. The lowest BCUT2D eigenvalue weighted by atomic mass is 9.80. The van der Waals surface area contributed by atoms with Crippen LogP contribution in [-0.2, 0) is 37.5 Å². The van der Waals surface area contributed by atoms with E-state index in [1.165, 1.54) is 54.6 Å². The number of aliphatic carboxylic acids is 2. The monoisotopic (exact) mass is 495 g/mol. The van der Waals surface area contributed by atoms with Crippen molar-refractivity contribution in [3.63, 3.8) is 0 Å². The quantitative estimate of drug-likeness (QED) is 0.387. The van der Waals surface area contributed by atoms with Crippen LogP contribution in [0.25, 0.3) is 0 Å². The van der Waals surface area contributed by atoms with Gasteiger partial charge in [0, 0.05) is 19.3 Å². The number of hydrogen-bond donors (Lipinski definition) is 2. The van der Waals surface area contributed by atoms with E-state index in [2.05, 4.69) is 53.4 Å². The van der Waals surface area contributed by atoms with Crippen LogP contribution in [0.2, 0.25) is 0 Å². The molecule has 0 bridgehead atoms. The first-order valence-electron chi connectivity index (χ1n) is 12.6. The van der Waals surface area contributed by atoms with Crippen LogP contribution in [0.1, 0.15) is 54.4 Å². The predicted molar refractivity (Wildman–Crippen MR) is 138 cm³/mol. The van der Waals surface area contributed by atoms with E-state index in [0.717, 1.165) is 32.2 Å². The molecule has 0 radical (unpaired) electrons. The van der Waals surface area contributed by atoms with Crippen LogP contribution in [0.15, 0.2) is 60.7 Å². The smallest absolute Gasteiger partial charge is 0.328 e. The summed E-state index contributed by atoms with van der Waals surface area (Å²) < 4.78 is 12.0. The van der Waals surface area contributed by atoms with Gasteiger partial charge in [0.1, 0.15) is 12.4 Å². The molecular formula is C29H37NO6. The first kappa shape index (κ1) is 27.6. The topological polar surface area (TPSA) is 96.3 Å². The SMILES string of the molecule is COCOC1(CCCN2CCCCC2)c2ccccc2CCc2ccccc21.O=C(O)/C=C/C(=O)O. The van der Waals surface area contributed by atoms with Crippen molar-refractivity contribution in [3.8, 4) is 0 Å². The number of benzene rings is 2. The van der Waals surface area contributed by atoms with Crippen molar-refractivity contribution in [1.82, 2.24) is 4.90 Å². The minimum absolute atomic E-state index is 0.312. The normalized spacial score (nSPS) is 16.8. The average Bonchev–Trinajstić information content (AvgIpc) is 3.03. The van der Waals surface area contributed by atoms with Crippen molar-refractivity contribution in [1.29, 1.82) is 0 Å². The molecule has 1 aliphatic carbocycles. The third-order valence-corrected chi connectivity index (χ3v) is 6.81. The lowest BCUT2D eigenvalue weighted by molar-refractivity contribution is -0.134. The molecule has 1 aliphatic heterocycles. The van der Waals surface area contributed by atoms with Crippen molar-refractivity contribution in [2.24, 2.45) is 0 Å². The number of carboxylic acids is 2. The standard InChI is InChI=1S/C25H33NO2.C4H4O4/c1-27-20-28-25(16-9-19-26-17-7-2-8-18-26)23-12-5-3-10-21(23)14-15-22-11-4-6-13-24(22)25;5-3(6)1-2-4(7)8/h3-6,10-13H,2,7-9,14-20H2,1H3;1-2H,(H,5,6)(H,7,8)/b;2-1+. The molecule has 2 aromatic carbocycles. The van der Waals surface area contributed by atoms with Gasteiger partial charge in [-0.05, 0) is 80.4 Å². The molecule has 7 nitrogen and oxygen atoms in total. The van der Waals surface area contributed by atoms with Crippen LogP contribution in [0.3, 0.4) is 0 Å². The van der Waals surface area contributed by atoms with Crippen molar-refractivity contribution < 1.29 is 29.3 Å². The van der Waals surface area contributed by atoms with Gasteiger partial charge < -0.3 is 24.6 Å². The Balaban J connectivity index is 0.000000392. The fourth-order valence-corrected chi connectivity index (χ4v) is 5.21. The zero-order valence-corrected chi connectivity index (χ0v) is 21.0. The lowest BCUT2D eigenvalue weighted by Gasteiger charge is -2.37. The van der Waals surface area contributed by atoms with E-state index in [1.54, 1.807) is 7.11 Å². The second-order valence-corrected chi connectivity index (χ2v) is 9.21. The van der Waals surface area contributed by atoms with E-state index in [1.807, 2.05) is 0 Å². The molecule has 1 fully saturated rings. The molecule has 36 heavy (non-hydrogen) atoms. The van der Waals surface area contributed by atoms with Crippen molar-refractivity contribution in [3.05, 3.63) is 82.9 Å². The summed E-state index contributed by atoms with van der Waals surface area (Å²) in [6.45, 7) is 3.97. The molecule has 7 heteroatoms. The number of carboxylic acid groups (broad SMARTS) is 2. The Hall–Kier alpha value is -3.00. The Morgan fingerprint density at radius 3 is 1.92 bits per heavy atom. The summed E-state index contributed by atoms with van der Waals surface area (Å²) in [4.78, 5) is 21.7. The zero-order valence-electron chi connectivity index (χ0n) is 21.0. The van der Waals surface area contributed by atoms with Gasteiger partial charge in [-0.25, -0.2) is 9.59 Å². The molecule has 0 spiro atoms. The van der Waals surface area contributed by atoms with Crippen LogP contribution in [0.5, 0.6) is 0 Å². The number of methoxy groups -OCH3 is 1. The van der Waals surface area contributed by atoms with Crippen LogP contribution in [0.4, 0.5) is 0 Å². The minimum Gasteiger partial charge on any atom is -0.478 e. The number of ether oxygens (including phenoxy) is 2. The van der Waals surface area contributed by atoms with Crippen molar-refractivity contribution >= 4 is 11.9 Å². The Kier molecular flexibility index (Phi) is 10.7. The first-order chi connectivity index (χ1) is 17.5. The van der Waals surface area contributed by atoms with Crippen molar-refractivity contribution in [2.75, 3.05) is 33.5 Å². The molecule has 1 heterocycles. The van der Waals surface area contributed by atoms with Gasteiger partial charge in [-0.2, -0.15) is 0 Å². The maximum absolute atomic E-state index is 9.55. The number of fused-ring (bicyclic) bond motifs is 2. The Morgan fingerprint density at radius 2 is 1.42 bits per heavy atom. The van der Waals surface area contributed by atoms with Crippen LogP contribution in [-0.4, -0.2) is 60.6 Å². The number of piperidine rings is 1. The Labute approximate surface area is 213 Å². The highest BCUT2D eigenvalue weighted by Gasteiger charge is 2.40. The summed E-state index contributed by atoms with van der Waals surface area (Å²) in [6, 6.07) is 17.7. The Bertz CT molecular complexity index is 964. The third kappa shape index (κ3) is 7.50. The summed E-state index contributed by atoms with van der Waals surface area (Å²) in [5, 5.41) is 15.6. The van der Waals surface area contributed by atoms with E-state index in [-0.39, 0.29) is 0 Å². The van der Waals surface area contributed by atoms with Gasteiger partial charge in [0.2, 0.25) is 0 Å². The molecule has 2 N–H and O–H groups in total. The fourth-order valence-electron chi connectivity index (χ4n) is 5.21. The second-order valence-electron chi connectivity index (χ2n) is 9.21. The number of aryl methyl sites for hydroxylation is 2. The molecular weight excluding hydrogens is 458 g/mol. The number of likely N-dealkylation sites (tertiary alicyclic amines) is 1. The summed E-state index contributed by atoms with van der Waals surface area (Å²) in [6.07, 6.45) is 9.44. The number of hydrogen-bond acceptors (Lipinski definition) is 5. The van der Waals surface area contributed by atoms with Gasteiger partial charge in [0.25, 0.3) is 0 Å². The third-order valence-electron chi connectivity index (χ3n) is 6.81. The molecule has 0 aromatic heterocycles. The highest BCUT2D eigenvalue weighted by Crippen LogP contribution is 2.44. The number of carbonyl (C=O) groups is 2. The van der Waals surface area contributed by atoms with Crippen molar-refractivity contribution in [2.45, 2.75) is 50.5 Å². The highest BCUT2D eigenvalue weighted by atomic mass is 16.7. The molecule has 0 saturated carbocycles.